The van der Waals surface area contributed by atoms with Crippen LogP contribution in [-0.4, -0.2) is 19.7 Å². The molecule has 0 amide bonds. The van der Waals surface area contributed by atoms with E-state index in [0.29, 0.717) is 27.5 Å². The Morgan fingerprint density at radius 1 is 1.13 bits per heavy atom. The van der Waals surface area contributed by atoms with E-state index in [0.717, 1.165) is 21.6 Å². The Kier molecular flexibility index (Phi) is 4.71. The number of rotatable bonds is 4. The van der Waals surface area contributed by atoms with Crippen LogP contribution in [0.2, 0.25) is 0 Å². The van der Waals surface area contributed by atoms with Gasteiger partial charge in [0.2, 0.25) is 5.82 Å². The maximum absolute atomic E-state index is 13.5. The first-order valence-corrected chi connectivity index (χ1v) is 10.5. The molecule has 0 bridgehead atoms. The Labute approximate surface area is 180 Å². The molecule has 0 aliphatic rings. The SMILES string of the molecule is Cc1cccc(-c2noc(-c3sc4ncn(Cc5cccc(F)c5)c(=O)c4c3C)n2)c1. The minimum atomic E-state index is -0.339. The van der Waals surface area contributed by atoms with E-state index in [4.69, 9.17) is 4.52 Å². The number of nitrogens with zero attached hydrogens (tertiary/aromatic N) is 4. The van der Waals surface area contributed by atoms with E-state index >= 15 is 0 Å². The predicted octanol–water partition coefficient (Wildman–Crippen LogP) is 4.98. The topological polar surface area (TPSA) is 73.8 Å². The molecule has 5 aromatic rings. The molecule has 0 atom stereocenters. The van der Waals surface area contributed by atoms with Crippen molar-refractivity contribution < 1.29 is 8.91 Å². The standard InChI is InChI=1S/C23H17FN4O2S/c1-13-5-3-7-16(9-13)20-26-21(30-27-20)19-14(2)18-22(31-19)25-12-28(23(18)29)11-15-6-4-8-17(24)10-15/h3-10,12H,11H2,1-2H3. The zero-order valence-electron chi connectivity index (χ0n) is 16.8. The summed E-state index contributed by atoms with van der Waals surface area (Å²) in [4.78, 5) is 23.4. The summed E-state index contributed by atoms with van der Waals surface area (Å²) in [5.74, 6) is 0.509. The van der Waals surface area contributed by atoms with E-state index in [1.807, 2.05) is 38.1 Å². The molecule has 31 heavy (non-hydrogen) atoms. The van der Waals surface area contributed by atoms with Crippen LogP contribution in [-0.2, 0) is 6.54 Å². The molecule has 0 aliphatic carbocycles. The van der Waals surface area contributed by atoms with Crippen molar-refractivity contribution >= 4 is 21.6 Å². The fourth-order valence-corrected chi connectivity index (χ4v) is 4.59. The van der Waals surface area contributed by atoms with Gasteiger partial charge in [0.15, 0.2) is 0 Å². The molecule has 0 unspecified atom stereocenters. The smallest absolute Gasteiger partial charge is 0.268 e. The molecule has 0 saturated heterocycles. The minimum absolute atomic E-state index is 0.187. The first-order valence-electron chi connectivity index (χ1n) is 9.64. The lowest BCUT2D eigenvalue weighted by atomic mass is 10.1. The summed E-state index contributed by atoms with van der Waals surface area (Å²) in [5, 5.41) is 4.61. The van der Waals surface area contributed by atoms with Crippen LogP contribution in [0.4, 0.5) is 4.39 Å². The van der Waals surface area contributed by atoms with Crippen molar-refractivity contribution in [2.45, 2.75) is 20.4 Å². The van der Waals surface area contributed by atoms with Crippen LogP contribution in [0.5, 0.6) is 0 Å². The number of aryl methyl sites for hydroxylation is 2. The number of hydrogen-bond acceptors (Lipinski definition) is 6. The summed E-state index contributed by atoms with van der Waals surface area (Å²) in [6.45, 7) is 4.09. The van der Waals surface area contributed by atoms with Crippen LogP contribution < -0.4 is 5.56 Å². The highest BCUT2D eigenvalue weighted by molar-refractivity contribution is 7.22. The lowest BCUT2D eigenvalue weighted by Crippen LogP contribution is -2.21. The zero-order valence-corrected chi connectivity index (χ0v) is 17.6. The lowest BCUT2D eigenvalue weighted by molar-refractivity contribution is 0.433. The van der Waals surface area contributed by atoms with Crippen molar-refractivity contribution in [2.75, 3.05) is 0 Å². The number of hydrogen-bond donors (Lipinski definition) is 0. The molecule has 3 aromatic heterocycles. The van der Waals surface area contributed by atoms with Crippen molar-refractivity contribution in [3.63, 3.8) is 0 Å². The van der Waals surface area contributed by atoms with Crippen molar-refractivity contribution in [2.24, 2.45) is 0 Å². The van der Waals surface area contributed by atoms with Crippen LogP contribution in [0.3, 0.4) is 0 Å². The fourth-order valence-electron chi connectivity index (χ4n) is 3.52. The highest BCUT2D eigenvalue weighted by atomic mass is 32.1. The van der Waals surface area contributed by atoms with Gasteiger partial charge in [-0.1, -0.05) is 41.1 Å². The lowest BCUT2D eigenvalue weighted by Gasteiger charge is -2.05. The maximum atomic E-state index is 13.5. The van der Waals surface area contributed by atoms with Gasteiger partial charge in [0.25, 0.3) is 11.4 Å². The molecule has 0 radical (unpaired) electrons. The van der Waals surface area contributed by atoms with Crippen molar-refractivity contribution in [3.05, 3.63) is 87.7 Å². The summed E-state index contributed by atoms with van der Waals surface area (Å²) in [6, 6.07) is 14.0. The average molecular weight is 432 g/mol. The predicted molar refractivity (Wildman–Crippen MR) is 118 cm³/mol. The van der Waals surface area contributed by atoms with Gasteiger partial charge in [-0.3, -0.25) is 9.36 Å². The number of halogens is 1. The van der Waals surface area contributed by atoms with Crippen LogP contribution in [0.1, 0.15) is 16.7 Å². The van der Waals surface area contributed by atoms with Gasteiger partial charge in [-0.25, -0.2) is 9.37 Å². The number of thiophene rings is 1. The van der Waals surface area contributed by atoms with Crippen LogP contribution >= 0.6 is 11.3 Å². The van der Waals surface area contributed by atoms with Gasteiger partial charge >= 0.3 is 0 Å². The summed E-state index contributed by atoms with van der Waals surface area (Å²) >= 11 is 1.34. The molecule has 154 valence electrons. The molecule has 3 heterocycles. The Hall–Kier alpha value is -3.65. The van der Waals surface area contributed by atoms with E-state index in [2.05, 4.69) is 15.1 Å². The largest absolute Gasteiger partial charge is 0.333 e. The highest BCUT2D eigenvalue weighted by Gasteiger charge is 2.20. The number of fused-ring (bicyclic) bond motifs is 1. The monoisotopic (exact) mass is 432 g/mol. The maximum Gasteiger partial charge on any atom is 0.268 e. The van der Waals surface area contributed by atoms with E-state index in [-0.39, 0.29) is 17.9 Å². The third kappa shape index (κ3) is 3.55. The van der Waals surface area contributed by atoms with Crippen molar-refractivity contribution in [1.29, 1.82) is 0 Å². The third-order valence-corrected chi connectivity index (χ3v) is 6.24. The number of aromatic nitrogens is 4. The van der Waals surface area contributed by atoms with Crippen molar-refractivity contribution in [1.82, 2.24) is 19.7 Å². The van der Waals surface area contributed by atoms with Gasteiger partial charge in [-0.15, -0.1) is 11.3 Å². The van der Waals surface area contributed by atoms with E-state index in [9.17, 15) is 9.18 Å². The molecule has 5 rings (SSSR count). The summed E-state index contributed by atoms with van der Waals surface area (Å²) in [5.41, 5.74) is 3.21. The van der Waals surface area contributed by atoms with E-state index < -0.39 is 0 Å². The van der Waals surface area contributed by atoms with Crippen LogP contribution in [0.25, 0.3) is 32.4 Å². The fraction of sp³-hybridized carbons (Fsp3) is 0.130. The zero-order chi connectivity index (χ0) is 21.5. The van der Waals surface area contributed by atoms with E-state index in [1.54, 1.807) is 12.1 Å². The normalized spacial score (nSPS) is 11.3. The van der Waals surface area contributed by atoms with E-state index in [1.165, 1.54) is 34.4 Å². The first kappa shape index (κ1) is 19.3. The Bertz CT molecular complexity index is 1480. The molecular formula is C23H17FN4O2S. The molecule has 0 aliphatic heterocycles. The highest BCUT2D eigenvalue weighted by Crippen LogP contribution is 2.35. The molecule has 0 fully saturated rings. The van der Waals surface area contributed by atoms with Gasteiger partial charge in [-0.2, -0.15) is 4.98 Å². The third-order valence-electron chi connectivity index (χ3n) is 5.06. The Balaban J connectivity index is 1.55. The summed E-state index contributed by atoms with van der Waals surface area (Å²) < 4.78 is 20.5. The Morgan fingerprint density at radius 2 is 1.97 bits per heavy atom. The number of benzene rings is 2. The second-order valence-electron chi connectivity index (χ2n) is 7.34. The molecule has 8 heteroatoms. The van der Waals surface area contributed by atoms with Crippen LogP contribution in [0, 0.1) is 19.7 Å². The van der Waals surface area contributed by atoms with Gasteiger partial charge in [0.1, 0.15) is 10.6 Å². The second-order valence-corrected chi connectivity index (χ2v) is 8.34. The molecular weight excluding hydrogens is 415 g/mol. The van der Waals surface area contributed by atoms with Crippen LogP contribution in [0.15, 0.2) is 64.2 Å². The average Bonchev–Trinajstić information content (AvgIpc) is 3.35. The minimum Gasteiger partial charge on any atom is -0.333 e. The molecule has 0 spiro atoms. The molecule has 0 saturated carbocycles. The quantitative estimate of drug-likeness (QED) is 0.400. The molecule has 0 N–H and O–H groups in total. The van der Waals surface area contributed by atoms with Gasteiger partial charge in [-0.05, 0) is 43.2 Å². The van der Waals surface area contributed by atoms with Gasteiger partial charge < -0.3 is 4.52 Å². The second kappa shape index (κ2) is 7.55. The summed E-state index contributed by atoms with van der Waals surface area (Å²) in [7, 11) is 0. The molecule has 6 nitrogen and oxygen atoms in total. The molecule has 2 aromatic carbocycles. The Morgan fingerprint density at radius 3 is 2.77 bits per heavy atom. The van der Waals surface area contributed by atoms with Gasteiger partial charge in [0, 0.05) is 5.56 Å². The van der Waals surface area contributed by atoms with Gasteiger partial charge in [0.05, 0.1) is 23.1 Å². The summed E-state index contributed by atoms with van der Waals surface area (Å²) in [6.07, 6.45) is 1.49. The van der Waals surface area contributed by atoms with Crippen molar-refractivity contribution in [3.8, 4) is 22.2 Å². The first-order chi connectivity index (χ1) is 15.0.